The van der Waals surface area contributed by atoms with Crippen LogP contribution in [0.3, 0.4) is 0 Å². The number of aromatic nitrogens is 6. The van der Waals surface area contributed by atoms with Crippen LogP contribution in [-0.4, -0.2) is 47.6 Å². The monoisotopic (exact) mass is 475 g/mol. The molecule has 180 valence electrons. The molecule has 35 heavy (non-hydrogen) atoms. The predicted octanol–water partition coefficient (Wildman–Crippen LogP) is 3.78. The number of halogens is 1. The summed E-state index contributed by atoms with van der Waals surface area (Å²) in [4.78, 5) is 28.2. The van der Waals surface area contributed by atoms with Gasteiger partial charge >= 0.3 is 0 Å². The van der Waals surface area contributed by atoms with Crippen LogP contribution in [0.1, 0.15) is 39.2 Å². The molecular weight excluding hydrogens is 449 g/mol. The number of amides is 1. The van der Waals surface area contributed by atoms with E-state index in [-0.39, 0.29) is 11.3 Å². The Morgan fingerprint density at radius 2 is 2.09 bits per heavy atom. The van der Waals surface area contributed by atoms with Gasteiger partial charge in [-0.15, -0.1) is 5.10 Å². The van der Waals surface area contributed by atoms with Gasteiger partial charge in [-0.1, -0.05) is 0 Å². The molecule has 2 aliphatic rings. The molecule has 6 rings (SSSR count). The van der Waals surface area contributed by atoms with Gasteiger partial charge in [-0.25, -0.2) is 14.5 Å². The molecule has 1 aliphatic carbocycles. The Labute approximate surface area is 201 Å². The zero-order valence-electron chi connectivity index (χ0n) is 19.5. The fraction of sp³-hybridized carbons (Fsp3) is 0.375. The summed E-state index contributed by atoms with van der Waals surface area (Å²) < 4.78 is 17.0. The average molecular weight is 476 g/mol. The van der Waals surface area contributed by atoms with Gasteiger partial charge in [-0.2, -0.15) is 9.37 Å². The van der Waals surface area contributed by atoms with E-state index < -0.39 is 12.0 Å². The van der Waals surface area contributed by atoms with Gasteiger partial charge in [0.05, 0.1) is 18.2 Å². The van der Waals surface area contributed by atoms with Gasteiger partial charge in [-0.3, -0.25) is 4.79 Å². The molecule has 2 N–H and O–H groups in total. The summed E-state index contributed by atoms with van der Waals surface area (Å²) in [6, 6.07) is 6.43. The molecule has 5 heterocycles. The molecule has 1 spiro atoms. The lowest BCUT2D eigenvalue weighted by atomic mass is 10.0. The van der Waals surface area contributed by atoms with Crippen molar-refractivity contribution in [2.75, 3.05) is 22.1 Å². The minimum Gasteiger partial charge on any atom is -0.333 e. The first-order valence-corrected chi connectivity index (χ1v) is 11.7. The third-order valence-electron chi connectivity index (χ3n) is 6.84. The molecule has 1 aliphatic heterocycles. The van der Waals surface area contributed by atoms with Gasteiger partial charge in [-0.05, 0) is 62.8 Å². The Bertz CT molecular complexity index is 1390. The maximum Gasteiger partial charge on any atom is 0.247 e. The molecule has 4 aromatic rings. The number of nitrogens with one attached hydrogen (secondary N) is 2. The summed E-state index contributed by atoms with van der Waals surface area (Å²) in [6.07, 6.45) is 9.78. The standard InChI is InChI=1S/C24H26FN9O/c1-15(2)32-12-20(27-14-32)29-21-17-4-3-9-34(17)31-23(30-21)33-13-24(7-8-24)10-18(33)22(35)28-16-5-6-19(25)26-11-16/h3-6,9,11-12,14-15,18H,7-8,10,13H2,1-2H3,(H,28,35)(H,29,30,31)/t18-/m0/s1. The molecule has 1 atom stereocenters. The minimum absolute atomic E-state index is 0.113. The molecule has 0 radical (unpaired) electrons. The van der Waals surface area contributed by atoms with Crippen molar-refractivity contribution in [2.45, 2.75) is 45.2 Å². The number of pyridine rings is 1. The number of anilines is 4. The molecule has 1 saturated heterocycles. The topological polar surface area (TPSA) is 105 Å². The number of hydrogen-bond acceptors (Lipinski definition) is 7. The SMILES string of the molecule is CC(C)n1cnc(Nc2nc(N3CC4(CC4)C[C@H]3C(=O)Nc3ccc(F)nc3)nn3cccc23)c1. The summed E-state index contributed by atoms with van der Waals surface area (Å²) in [5, 5.41) is 10.9. The van der Waals surface area contributed by atoms with Crippen LogP contribution in [0.5, 0.6) is 0 Å². The van der Waals surface area contributed by atoms with Crippen molar-refractivity contribution in [1.29, 1.82) is 0 Å². The smallest absolute Gasteiger partial charge is 0.247 e. The third kappa shape index (κ3) is 4.07. The molecule has 0 bridgehead atoms. The zero-order chi connectivity index (χ0) is 24.2. The lowest BCUT2D eigenvalue weighted by Crippen LogP contribution is -2.41. The summed E-state index contributed by atoms with van der Waals surface area (Å²) in [5.41, 5.74) is 1.38. The molecular formula is C24H26FN9O. The molecule has 1 amide bonds. The molecule has 11 heteroatoms. The van der Waals surface area contributed by atoms with Crippen molar-refractivity contribution in [1.82, 2.24) is 29.1 Å². The first-order chi connectivity index (χ1) is 16.9. The number of nitrogens with zero attached hydrogens (tertiary/aromatic N) is 7. The van der Waals surface area contributed by atoms with Crippen LogP contribution in [0, 0.1) is 11.4 Å². The van der Waals surface area contributed by atoms with E-state index in [2.05, 4.69) is 34.4 Å². The third-order valence-corrected chi connectivity index (χ3v) is 6.84. The van der Waals surface area contributed by atoms with Gasteiger partial charge in [0.2, 0.25) is 17.8 Å². The Hall–Kier alpha value is -4.02. The van der Waals surface area contributed by atoms with Crippen LogP contribution in [0.15, 0.2) is 49.2 Å². The summed E-state index contributed by atoms with van der Waals surface area (Å²) >= 11 is 0. The predicted molar refractivity (Wildman–Crippen MR) is 129 cm³/mol. The summed E-state index contributed by atoms with van der Waals surface area (Å²) in [5.74, 6) is 1.01. The molecule has 10 nitrogen and oxygen atoms in total. The van der Waals surface area contributed by atoms with E-state index in [0.717, 1.165) is 24.8 Å². The fourth-order valence-corrected chi connectivity index (χ4v) is 4.66. The highest BCUT2D eigenvalue weighted by Gasteiger charge is 2.54. The van der Waals surface area contributed by atoms with Crippen LogP contribution in [0.2, 0.25) is 0 Å². The van der Waals surface area contributed by atoms with Crippen molar-refractivity contribution >= 4 is 34.7 Å². The van der Waals surface area contributed by atoms with E-state index in [1.54, 1.807) is 10.8 Å². The van der Waals surface area contributed by atoms with E-state index in [1.165, 1.54) is 18.3 Å². The first-order valence-electron chi connectivity index (χ1n) is 11.7. The lowest BCUT2D eigenvalue weighted by molar-refractivity contribution is -0.117. The molecule has 0 unspecified atom stereocenters. The van der Waals surface area contributed by atoms with Crippen LogP contribution in [0.25, 0.3) is 5.52 Å². The van der Waals surface area contributed by atoms with E-state index in [9.17, 15) is 9.18 Å². The number of carbonyl (C=O) groups is 1. The highest BCUT2D eigenvalue weighted by molar-refractivity contribution is 5.97. The average Bonchev–Trinajstić information content (AvgIpc) is 3.20. The maximum atomic E-state index is 13.3. The molecule has 0 aromatic carbocycles. The van der Waals surface area contributed by atoms with Crippen LogP contribution in [0.4, 0.5) is 27.7 Å². The van der Waals surface area contributed by atoms with Gasteiger partial charge in [0.1, 0.15) is 17.4 Å². The van der Waals surface area contributed by atoms with Crippen molar-refractivity contribution in [3.05, 3.63) is 55.1 Å². The highest BCUT2D eigenvalue weighted by Crippen LogP contribution is 2.55. The van der Waals surface area contributed by atoms with E-state index in [4.69, 9.17) is 10.1 Å². The van der Waals surface area contributed by atoms with Crippen molar-refractivity contribution < 1.29 is 9.18 Å². The second-order valence-electron chi connectivity index (χ2n) is 9.73. The Balaban J connectivity index is 1.32. The lowest BCUT2D eigenvalue weighted by Gasteiger charge is -2.24. The Morgan fingerprint density at radius 1 is 1.23 bits per heavy atom. The van der Waals surface area contributed by atoms with Crippen molar-refractivity contribution in [3.63, 3.8) is 0 Å². The van der Waals surface area contributed by atoms with Gasteiger partial charge < -0.3 is 20.1 Å². The zero-order valence-corrected chi connectivity index (χ0v) is 19.5. The normalized spacial score (nSPS) is 18.5. The number of carbonyl (C=O) groups excluding carboxylic acids is 1. The second-order valence-corrected chi connectivity index (χ2v) is 9.73. The summed E-state index contributed by atoms with van der Waals surface area (Å²) in [6.45, 7) is 4.89. The molecule has 2 fully saturated rings. The van der Waals surface area contributed by atoms with Gasteiger partial charge in [0.15, 0.2) is 5.82 Å². The largest absolute Gasteiger partial charge is 0.333 e. The maximum absolute atomic E-state index is 13.3. The fourth-order valence-electron chi connectivity index (χ4n) is 4.66. The molecule has 4 aromatic heterocycles. The first kappa shape index (κ1) is 21.5. The van der Waals surface area contributed by atoms with Crippen molar-refractivity contribution in [3.8, 4) is 0 Å². The van der Waals surface area contributed by atoms with E-state index in [0.29, 0.717) is 35.9 Å². The minimum atomic E-state index is -0.589. The van der Waals surface area contributed by atoms with Crippen LogP contribution >= 0.6 is 0 Å². The number of rotatable bonds is 6. The van der Waals surface area contributed by atoms with E-state index in [1.807, 2.05) is 34.0 Å². The van der Waals surface area contributed by atoms with Gasteiger partial charge in [0.25, 0.3) is 0 Å². The number of fused-ring (bicyclic) bond motifs is 1. The van der Waals surface area contributed by atoms with Gasteiger partial charge in [0, 0.05) is 25.0 Å². The number of hydrogen-bond donors (Lipinski definition) is 2. The summed E-state index contributed by atoms with van der Waals surface area (Å²) in [7, 11) is 0. The Morgan fingerprint density at radius 3 is 2.80 bits per heavy atom. The van der Waals surface area contributed by atoms with Crippen LogP contribution < -0.4 is 15.5 Å². The van der Waals surface area contributed by atoms with Crippen molar-refractivity contribution in [2.24, 2.45) is 5.41 Å². The quantitative estimate of drug-likeness (QED) is 0.409. The highest BCUT2D eigenvalue weighted by atomic mass is 19.1. The Kier molecular flexibility index (Phi) is 4.94. The second kappa shape index (κ2) is 8.03. The molecule has 1 saturated carbocycles. The van der Waals surface area contributed by atoms with E-state index >= 15 is 0 Å². The number of imidazole rings is 1. The van der Waals surface area contributed by atoms with Crippen LogP contribution in [-0.2, 0) is 4.79 Å².